The highest BCUT2D eigenvalue weighted by atomic mass is 19.4. The Bertz CT molecular complexity index is 1240. The van der Waals surface area contributed by atoms with Crippen LogP contribution >= 0.6 is 0 Å². The van der Waals surface area contributed by atoms with Gasteiger partial charge in [-0.2, -0.15) is 13.2 Å². The molecule has 3 rings (SSSR count). The topological polar surface area (TPSA) is 132 Å². The molecule has 10 nitrogen and oxygen atoms in total. The molecule has 34 heavy (non-hydrogen) atoms. The van der Waals surface area contributed by atoms with Crippen molar-refractivity contribution in [2.75, 3.05) is 18.5 Å². The molecule has 184 valence electrons. The lowest BCUT2D eigenvalue weighted by Gasteiger charge is -2.29. The van der Waals surface area contributed by atoms with Gasteiger partial charge in [0.1, 0.15) is 11.4 Å². The Kier molecular flexibility index (Phi) is 6.75. The largest absolute Gasteiger partial charge is 0.490 e. The zero-order chi connectivity index (χ0) is 25.3. The first kappa shape index (κ1) is 24.9. The number of hydrogen-bond donors (Lipinski definition) is 3. The first-order valence-electron chi connectivity index (χ1n) is 10.4. The first-order chi connectivity index (χ1) is 16.0. The number of benzene rings is 1. The van der Waals surface area contributed by atoms with Crippen LogP contribution in [0.1, 0.15) is 31.9 Å². The second-order valence-corrected chi connectivity index (χ2v) is 7.41. The third kappa shape index (κ3) is 4.24. The number of ether oxygens (including phenoxy) is 2. The minimum absolute atomic E-state index is 0.139. The van der Waals surface area contributed by atoms with Crippen LogP contribution in [0.5, 0.6) is 11.5 Å². The summed E-state index contributed by atoms with van der Waals surface area (Å²) in [5, 5.41) is 3.53. The van der Waals surface area contributed by atoms with E-state index < -0.39 is 46.2 Å². The summed E-state index contributed by atoms with van der Waals surface area (Å²) in [4.78, 5) is 50.7. The number of alkyl halides is 3. The first-order valence-corrected chi connectivity index (χ1v) is 10.4. The van der Waals surface area contributed by atoms with Crippen LogP contribution in [0.2, 0.25) is 0 Å². The van der Waals surface area contributed by atoms with E-state index in [1.165, 1.54) is 0 Å². The Hall–Kier alpha value is -3.77. The molecule has 0 spiro atoms. The smallest absolute Gasteiger partial charge is 0.425 e. The number of halogens is 3. The van der Waals surface area contributed by atoms with Gasteiger partial charge in [-0.15, -0.1) is 0 Å². The maximum Gasteiger partial charge on any atom is 0.425 e. The third-order valence-corrected chi connectivity index (χ3v) is 5.17. The van der Waals surface area contributed by atoms with Crippen LogP contribution in [-0.2, 0) is 28.1 Å². The number of carbonyl (C=O) groups excluding carboxylic acids is 2. The van der Waals surface area contributed by atoms with Gasteiger partial charge < -0.3 is 20.1 Å². The highest BCUT2D eigenvalue weighted by molar-refractivity contribution is 6.07. The number of fused-ring (bicyclic) bond motifs is 1. The van der Waals surface area contributed by atoms with Gasteiger partial charge in [-0.25, -0.2) is 4.79 Å². The number of rotatable bonds is 8. The zero-order valence-electron chi connectivity index (χ0n) is 18.6. The maximum absolute atomic E-state index is 14.0. The van der Waals surface area contributed by atoms with E-state index >= 15 is 0 Å². The quantitative estimate of drug-likeness (QED) is 0.520. The Morgan fingerprint density at radius 2 is 1.76 bits per heavy atom. The Morgan fingerprint density at radius 3 is 2.35 bits per heavy atom. The predicted octanol–water partition coefficient (Wildman–Crippen LogP) is 1.42. The van der Waals surface area contributed by atoms with Crippen molar-refractivity contribution in [2.45, 2.75) is 45.5 Å². The molecule has 0 fully saturated rings. The Labute approximate surface area is 191 Å². The van der Waals surface area contributed by atoms with E-state index in [0.717, 1.165) is 11.5 Å². The molecule has 1 aliphatic rings. The Morgan fingerprint density at radius 1 is 1.12 bits per heavy atom. The molecule has 1 aliphatic heterocycles. The van der Waals surface area contributed by atoms with E-state index in [1.54, 1.807) is 30.4 Å². The average Bonchev–Trinajstić information content (AvgIpc) is 3.02. The second-order valence-electron chi connectivity index (χ2n) is 7.41. The van der Waals surface area contributed by atoms with Crippen LogP contribution < -0.4 is 31.4 Å². The Balaban J connectivity index is 2.05. The molecule has 0 unspecified atom stereocenters. The number of amides is 2. The lowest BCUT2D eigenvalue weighted by Crippen LogP contribution is -2.61. The average molecular weight is 484 g/mol. The summed E-state index contributed by atoms with van der Waals surface area (Å²) in [7, 11) is 0. The number of H-pyrrole nitrogens is 1. The molecule has 13 heteroatoms. The van der Waals surface area contributed by atoms with Crippen molar-refractivity contribution in [2.24, 2.45) is 0 Å². The predicted molar refractivity (Wildman–Crippen MR) is 114 cm³/mol. The summed E-state index contributed by atoms with van der Waals surface area (Å²) in [6.45, 7) is 4.97. The number of nitrogens with zero attached hydrogens (tertiary/aromatic N) is 1. The summed E-state index contributed by atoms with van der Waals surface area (Å²) in [5.41, 5.74) is -6.51. The molecule has 2 heterocycles. The molecule has 1 aromatic heterocycles. The molecule has 1 aromatic carbocycles. The summed E-state index contributed by atoms with van der Waals surface area (Å²) >= 11 is 0. The summed E-state index contributed by atoms with van der Waals surface area (Å²) in [6.07, 6.45) is -5.22. The van der Waals surface area contributed by atoms with Crippen molar-refractivity contribution in [3.05, 3.63) is 50.2 Å². The molecule has 0 saturated heterocycles. The monoisotopic (exact) mass is 484 g/mol. The normalized spacial score (nSPS) is 17.2. The van der Waals surface area contributed by atoms with Crippen molar-refractivity contribution in [3.8, 4) is 11.5 Å². The van der Waals surface area contributed by atoms with Gasteiger partial charge in [-0.1, -0.05) is 6.07 Å². The van der Waals surface area contributed by atoms with Crippen LogP contribution in [0, 0.1) is 0 Å². The summed E-state index contributed by atoms with van der Waals surface area (Å²) < 4.78 is 54.0. The molecule has 2 amide bonds. The van der Waals surface area contributed by atoms with Crippen molar-refractivity contribution in [1.82, 2.24) is 14.9 Å². The minimum Gasteiger partial charge on any atom is -0.490 e. The van der Waals surface area contributed by atoms with Crippen LogP contribution in [0.25, 0.3) is 0 Å². The lowest BCUT2D eigenvalue weighted by molar-refractivity contribution is -0.200. The van der Waals surface area contributed by atoms with Gasteiger partial charge in [-0.3, -0.25) is 23.9 Å². The zero-order valence-corrected chi connectivity index (χ0v) is 18.6. The number of carbonyl (C=O) groups is 2. The molecule has 0 radical (unpaired) electrons. The molecular weight excluding hydrogens is 461 g/mol. The maximum atomic E-state index is 14.0. The standard InChI is InChI=1S/C21H23F3N4O6/c1-4-33-13-7-6-12(10-14(13)34-5-2)8-9-28-16-15(17(30)26-19(28)32)20(18(31)25-16,21(22,23)24)27-11(3)29/h6-7,10H,4-5,8-9H2,1-3H3,(H,25,31)(H,27,29)(H,26,30,32)/t20-/m0/s1. The van der Waals surface area contributed by atoms with E-state index in [0.29, 0.717) is 30.3 Å². The molecule has 0 aliphatic carbocycles. The number of aromatic nitrogens is 2. The fraction of sp³-hybridized carbons (Fsp3) is 0.429. The lowest BCUT2D eigenvalue weighted by atomic mass is 9.92. The fourth-order valence-electron chi connectivity index (χ4n) is 3.79. The molecular formula is C21H23F3N4O6. The van der Waals surface area contributed by atoms with Gasteiger partial charge in [0.15, 0.2) is 11.5 Å². The van der Waals surface area contributed by atoms with E-state index in [1.807, 2.05) is 17.2 Å². The molecule has 0 saturated carbocycles. The number of nitrogens with one attached hydrogen (secondary N) is 3. The summed E-state index contributed by atoms with van der Waals surface area (Å²) in [5.74, 6) is -2.53. The number of hydrogen-bond acceptors (Lipinski definition) is 6. The molecule has 1 atom stereocenters. The van der Waals surface area contributed by atoms with Gasteiger partial charge >= 0.3 is 11.9 Å². The molecule has 0 bridgehead atoms. The second kappa shape index (κ2) is 9.23. The third-order valence-electron chi connectivity index (χ3n) is 5.17. The van der Waals surface area contributed by atoms with Crippen LogP contribution in [-0.4, -0.2) is 40.8 Å². The van der Waals surface area contributed by atoms with Gasteiger partial charge in [0.2, 0.25) is 11.4 Å². The summed E-state index contributed by atoms with van der Waals surface area (Å²) in [6, 6.07) is 5.03. The number of aromatic amines is 1. The number of anilines is 1. The SMILES string of the molecule is CCOc1ccc(CCn2c3c(c(=O)[nH]c2=O)[C@@](NC(C)=O)(C(F)(F)F)C(=O)N3)cc1OCC. The van der Waals surface area contributed by atoms with E-state index in [-0.39, 0.29) is 13.0 Å². The highest BCUT2D eigenvalue weighted by Gasteiger charge is 2.68. The van der Waals surface area contributed by atoms with Crippen molar-refractivity contribution < 1.29 is 32.2 Å². The van der Waals surface area contributed by atoms with Crippen molar-refractivity contribution in [1.29, 1.82) is 0 Å². The van der Waals surface area contributed by atoms with E-state index in [9.17, 15) is 32.3 Å². The van der Waals surface area contributed by atoms with Gasteiger partial charge in [0.05, 0.1) is 13.2 Å². The fourth-order valence-corrected chi connectivity index (χ4v) is 3.79. The van der Waals surface area contributed by atoms with Crippen molar-refractivity contribution >= 4 is 17.6 Å². The molecule has 3 N–H and O–H groups in total. The van der Waals surface area contributed by atoms with Gasteiger partial charge in [0.25, 0.3) is 11.5 Å². The highest BCUT2D eigenvalue weighted by Crippen LogP contribution is 2.44. The van der Waals surface area contributed by atoms with E-state index in [4.69, 9.17) is 9.47 Å². The molecule has 2 aromatic rings. The van der Waals surface area contributed by atoms with Crippen LogP contribution in [0.3, 0.4) is 0 Å². The van der Waals surface area contributed by atoms with Crippen molar-refractivity contribution in [3.63, 3.8) is 0 Å². The van der Waals surface area contributed by atoms with Gasteiger partial charge in [-0.05, 0) is 38.0 Å². The van der Waals surface area contributed by atoms with Gasteiger partial charge in [0, 0.05) is 13.5 Å². The van der Waals surface area contributed by atoms with Crippen LogP contribution in [0.15, 0.2) is 27.8 Å². The minimum atomic E-state index is -5.36. The van der Waals surface area contributed by atoms with E-state index in [2.05, 4.69) is 0 Å². The number of aryl methyl sites for hydroxylation is 1. The van der Waals surface area contributed by atoms with Crippen LogP contribution in [0.4, 0.5) is 19.0 Å².